The molecule has 1 fully saturated rings. The second kappa shape index (κ2) is 3.67. The van der Waals surface area contributed by atoms with Crippen LogP contribution in [0.2, 0.25) is 13.1 Å². The van der Waals surface area contributed by atoms with Crippen molar-refractivity contribution >= 4 is 34.6 Å². The molecule has 2 radical (unpaired) electrons. The Morgan fingerprint density at radius 3 is 2.40 bits per heavy atom. The van der Waals surface area contributed by atoms with Gasteiger partial charge in [-0.15, -0.1) is 0 Å². The molecule has 58 valence electrons. The van der Waals surface area contributed by atoms with Gasteiger partial charge in [0.2, 0.25) is 0 Å². The standard InChI is InChI=1S/C7H15OSi.Pb.H/c1-9(2)7-5-3-4-6-8-7;;/h9H,3-6H2,1-2H3;;. The minimum atomic E-state index is -0.515. The summed E-state index contributed by atoms with van der Waals surface area (Å²) in [6.07, 6.45) is 4.10. The van der Waals surface area contributed by atoms with Gasteiger partial charge in [-0.2, -0.15) is 0 Å². The quantitative estimate of drug-likeness (QED) is 0.636. The Hall–Kier alpha value is 1.10. The minimum absolute atomic E-state index is 0.484. The fraction of sp³-hybridized carbons (Fsp3) is 1.00. The Bertz CT molecular complexity index is 110. The van der Waals surface area contributed by atoms with E-state index in [1.54, 1.807) is 0 Å². The first-order valence-electron chi connectivity index (χ1n) is 4.08. The molecule has 0 N–H and O–H groups in total. The molecule has 1 nitrogen and oxygen atoms in total. The van der Waals surface area contributed by atoms with Crippen molar-refractivity contribution in [1.82, 2.24) is 0 Å². The number of ether oxygens (including phenoxy) is 1. The van der Waals surface area contributed by atoms with E-state index in [0.717, 1.165) is 32.4 Å². The van der Waals surface area contributed by atoms with E-state index in [-0.39, 0.29) is 0 Å². The summed E-state index contributed by atoms with van der Waals surface area (Å²) in [4.78, 5) is 0. The van der Waals surface area contributed by atoms with E-state index in [4.69, 9.17) is 4.74 Å². The number of hydrogen-bond acceptors (Lipinski definition) is 1. The predicted octanol–water partition coefficient (Wildman–Crippen LogP) is 0.810. The zero-order chi connectivity index (χ0) is 7.61. The zero-order valence-corrected chi connectivity index (χ0v) is 12.5. The van der Waals surface area contributed by atoms with Gasteiger partial charge in [0.25, 0.3) is 0 Å². The van der Waals surface area contributed by atoms with Crippen LogP contribution in [-0.4, -0.2) is 44.0 Å². The first-order chi connectivity index (χ1) is 4.65. The molecular formula is C7H16OPbSi. The van der Waals surface area contributed by atoms with Crippen LogP contribution in [0.15, 0.2) is 0 Å². The van der Waals surface area contributed by atoms with Crippen LogP contribution in [0.25, 0.3) is 0 Å². The van der Waals surface area contributed by atoms with Crippen LogP contribution in [-0.2, 0) is 4.74 Å². The Morgan fingerprint density at radius 2 is 2.10 bits per heavy atom. The third kappa shape index (κ3) is 2.04. The molecule has 0 amide bonds. The van der Waals surface area contributed by atoms with Gasteiger partial charge in [-0.05, 0) is 0 Å². The molecule has 0 aliphatic carbocycles. The van der Waals surface area contributed by atoms with E-state index in [1.165, 1.54) is 19.3 Å². The van der Waals surface area contributed by atoms with Gasteiger partial charge in [-0.3, -0.25) is 0 Å². The van der Waals surface area contributed by atoms with Gasteiger partial charge >= 0.3 is 81.0 Å². The predicted molar refractivity (Wildman–Crippen MR) is 48.6 cm³/mol. The Kier molecular flexibility index (Phi) is 3.37. The molecule has 1 heterocycles. The third-order valence-corrected chi connectivity index (χ3v) is 14.3. The van der Waals surface area contributed by atoms with Crippen molar-refractivity contribution in [3.05, 3.63) is 0 Å². The van der Waals surface area contributed by atoms with E-state index in [0.29, 0.717) is 2.78 Å². The van der Waals surface area contributed by atoms with Gasteiger partial charge in [0, 0.05) is 0 Å². The molecule has 1 atom stereocenters. The second-order valence-corrected chi connectivity index (χ2v) is 13.1. The zero-order valence-electron chi connectivity index (χ0n) is 6.89. The molecule has 0 aromatic heterocycles. The van der Waals surface area contributed by atoms with E-state index in [2.05, 4.69) is 13.1 Å². The fourth-order valence-corrected chi connectivity index (χ4v) is 3.78. The van der Waals surface area contributed by atoms with E-state index in [1.807, 2.05) is 0 Å². The summed E-state index contributed by atoms with van der Waals surface area (Å²) in [7, 11) is -0.515. The van der Waals surface area contributed by atoms with Crippen LogP contribution in [0.1, 0.15) is 19.3 Å². The molecule has 1 rings (SSSR count). The summed E-state index contributed by atoms with van der Waals surface area (Å²) >= 11 is 1.05. The van der Waals surface area contributed by atoms with Gasteiger partial charge in [0.1, 0.15) is 0 Å². The number of rotatable bonds is 1. The molecule has 1 aliphatic rings. The SMILES string of the molecule is C[SiH](C)[C]1([PbH])CCCCO1. The molecule has 0 saturated carbocycles. The van der Waals surface area contributed by atoms with E-state index < -0.39 is 8.80 Å². The van der Waals surface area contributed by atoms with E-state index in [9.17, 15) is 0 Å². The van der Waals surface area contributed by atoms with Gasteiger partial charge in [-0.1, -0.05) is 0 Å². The van der Waals surface area contributed by atoms with Crippen molar-refractivity contribution in [2.75, 3.05) is 6.61 Å². The Balaban J connectivity index is 2.48. The van der Waals surface area contributed by atoms with Crippen molar-refractivity contribution in [3.63, 3.8) is 0 Å². The Labute approximate surface area is 80.8 Å². The molecule has 1 aliphatic heterocycles. The maximum absolute atomic E-state index is 5.86. The van der Waals surface area contributed by atoms with Crippen LogP contribution < -0.4 is 0 Å². The van der Waals surface area contributed by atoms with Crippen molar-refractivity contribution in [1.29, 1.82) is 0 Å². The first kappa shape index (κ1) is 9.19. The van der Waals surface area contributed by atoms with Crippen LogP contribution in [0.5, 0.6) is 0 Å². The van der Waals surface area contributed by atoms with Crippen LogP contribution in [0, 0.1) is 0 Å². The van der Waals surface area contributed by atoms with Crippen LogP contribution in [0.3, 0.4) is 0 Å². The summed E-state index contributed by atoms with van der Waals surface area (Å²) < 4.78 is 6.35. The summed E-state index contributed by atoms with van der Waals surface area (Å²) in [5, 5.41) is 0. The molecule has 0 bridgehead atoms. The second-order valence-electron chi connectivity index (χ2n) is 3.42. The monoisotopic (exact) mass is 352 g/mol. The maximum atomic E-state index is 5.86. The molecular weight excluding hydrogens is 335 g/mol. The average Bonchev–Trinajstić information content (AvgIpc) is 1.89. The summed E-state index contributed by atoms with van der Waals surface area (Å²) in [6, 6.07) is 0. The topological polar surface area (TPSA) is 9.23 Å². The summed E-state index contributed by atoms with van der Waals surface area (Å²) in [5.41, 5.74) is 0. The molecule has 1 unspecified atom stereocenters. The van der Waals surface area contributed by atoms with E-state index >= 15 is 0 Å². The molecule has 10 heavy (non-hydrogen) atoms. The molecule has 3 heteroatoms. The molecule has 0 spiro atoms. The summed E-state index contributed by atoms with van der Waals surface area (Å²) in [5.74, 6) is 0. The van der Waals surface area contributed by atoms with Crippen molar-refractivity contribution in [2.24, 2.45) is 0 Å². The van der Waals surface area contributed by atoms with Gasteiger partial charge in [0.15, 0.2) is 0 Å². The first-order valence-corrected chi connectivity index (χ1v) is 9.21. The molecule has 1 saturated heterocycles. The average molecular weight is 351 g/mol. The Morgan fingerprint density at radius 1 is 1.40 bits per heavy atom. The molecule has 0 aromatic rings. The summed E-state index contributed by atoms with van der Waals surface area (Å²) in [6.45, 7) is 5.89. The van der Waals surface area contributed by atoms with Gasteiger partial charge < -0.3 is 0 Å². The number of hydrogen-bond donors (Lipinski definition) is 0. The van der Waals surface area contributed by atoms with Crippen molar-refractivity contribution < 1.29 is 4.74 Å². The van der Waals surface area contributed by atoms with Crippen LogP contribution >= 0.6 is 0 Å². The molecule has 0 aromatic carbocycles. The van der Waals surface area contributed by atoms with Crippen molar-refractivity contribution in [3.8, 4) is 0 Å². The van der Waals surface area contributed by atoms with Crippen LogP contribution in [0.4, 0.5) is 0 Å². The van der Waals surface area contributed by atoms with Gasteiger partial charge in [-0.25, -0.2) is 0 Å². The van der Waals surface area contributed by atoms with Gasteiger partial charge in [0.05, 0.1) is 0 Å². The normalized spacial score (nSPS) is 34.8. The third-order valence-electron chi connectivity index (χ3n) is 2.31. The van der Waals surface area contributed by atoms with Crippen molar-refractivity contribution in [2.45, 2.75) is 35.1 Å². The fourth-order valence-electron chi connectivity index (χ4n) is 1.29.